The topological polar surface area (TPSA) is 26.3 Å². The van der Waals surface area contributed by atoms with Crippen molar-refractivity contribution in [1.29, 1.82) is 0 Å². The van der Waals surface area contributed by atoms with Crippen LogP contribution in [0, 0.1) is 11.8 Å². The number of unbranched alkanes of at least 4 members (excludes halogenated alkanes) is 2. The monoisotopic (exact) mass is 194 g/mol. The summed E-state index contributed by atoms with van der Waals surface area (Å²) in [6.45, 7) is 5.68. The van der Waals surface area contributed by atoms with Gasteiger partial charge in [0, 0.05) is 12.5 Å². The number of hydrogen-bond donors (Lipinski definition) is 0. The number of hydrogen-bond acceptors (Lipinski definition) is 2. The van der Waals surface area contributed by atoms with Crippen molar-refractivity contribution >= 4 is 5.97 Å². The number of ether oxygens (including phenoxy) is 1. The summed E-state index contributed by atoms with van der Waals surface area (Å²) in [7, 11) is 0. The molecular formula is C12H18O2. The Morgan fingerprint density at radius 3 is 2.86 bits per heavy atom. The Bertz CT molecular complexity index is 243. The fraction of sp³-hybridized carbons (Fsp3) is 0.583. The van der Waals surface area contributed by atoms with Crippen molar-refractivity contribution in [2.75, 3.05) is 0 Å². The van der Waals surface area contributed by atoms with Crippen LogP contribution in [0.2, 0.25) is 0 Å². The first-order valence-electron chi connectivity index (χ1n) is 5.02. The summed E-state index contributed by atoms with van der Waals surface area (Å²) in [5.41, 5.74) is 0. The second kappa shape index (κ2) is 8.37. The van der Waals surface area contributed by atoms with Crippen LogP contribution in [-0.4, -0.2) is 12.1 Å². The van der Waals surface area contributed by atoms with Gasteiger partial charge in [-0.05, 0) is 20.3 Å². The van der Waals surface area contributed by atoms with Crippen LogP contribution in [0.4, 0.5) is 0 Å². The summed E-state index contributed by atoms with van der Waals surface area (Å²) >= 11 is 0. The molecular weight excluding hydrogens is 176 g/mol. The van der Waals surface area contributed by atoms with E-state index >= 15 is 0 Å². The number of allylic oxidation sites excluding steroid dienone is 1. The molecule has 0 fully saturated rings. The molecule has 0 heterocycles. The molecule has 0 aliphatic rings. The van der Waals surface area contributed by atoms with Crippen molar-refractivity contribution in [2.24, 2.45) is 0 Å². The predicted molar refractivity (Wildman–Crippen MR) is 57.7 cm³/mol. The van der Waals surface area contributed by atoms with Gasteiger partial charge in [-0.15, -0.1) is 0 Å². The lowest BCUT2D eigenvalue weighted by Gasteiger charge is -2.03. The van der Waals surface area contributed by atoms with E-state index in [0.717, 1.165) is 19.3 Å². The Morgan fingerprint density at radius 2 is 2.29 bits per heavy atom. The molecule has 0 saturated heterocycles. The highest BCUT2D eigenvalue weighted by atomic mass is 16.5. The molecule has 2 nitrogen and oxygen atoms in total. The van der Waals surface area contributed by atoms with Crippen LogP contribution in [0.1, 0.15) is 40.0 Å². The van der Waals surface area contributed by atoms with Crippen LogP contribution >= 0.6 is 0 Å². The van der Waals surface area contributed by atoms with Crippen molar-refractivity contribution in [1.82, 2.24) is 0 Å². The Balaban J connectivity index is 3.77. The summed E-state index contributed by atoms with van der Waals surface area (Å²) < 4.78 is 4.97. The minimum absolute atomic E-state index is 0.310. The standard InChI is InChI=1S/C12H18O2/c1-4-6-7-8-10-11(3)14-12(13)9-5-2/h5,9,11H,4,6-7H2,1-3H3/b9-5+. The van der Waals surface area contributed by atoms with E-state index in [1.807, 2.05) is 0 Å². The van der Waals surface area contributed by atoms with Gasteiger partial charge in [-0.3, -0.25) is 0 Å². The molecule has 0 aliphatic heterocycles. The molecule has 0 spiro atoms. The Hall–Kier alpha value is -1.23. The second-order valence-corrected chi connectivity index (χ2v) is 3.00. The first-order valence-corrected chi connectivity index (χ1v) is 5.02. The maximum Gasteiger partial charge on any atom is 0.331 e. The van der Waals surface area contributed by atoms with Crippen molar-refractivity contribution < 1.29 is 9.53 Å². The first-order chi connectivity index (χ1) is 6.70. The molecule has 78 valence electrons. The van der Waals surface area contributed by atoms with Crippen LogP contribution in [0.3, 0.4) is 0 Å². The van der Waals surface area contributed by atoms with E-state index in [2.05, 4.69) is 18.8 Å². The van der Waals surface area contributed by atoms with Gasteiger partial charge in [0.1, 0.15) is 0 Å². The zero-order chi connectivity index (χ0) is 10.8. The van der Waals surface area contributed by atoms with E-state index in [9.17, 15) is 4.79 Å². The molecule has 0 aromatic carbocycles. The molecule has 0 aromatic rings. The van der Waals surface area contributed by atoms with Crippen molar-refractivity contribution in [3.63, 3.8) is 0 Å². The Morgan fingerprint density at radius 1 is 1.57 bits per heavy atom. The van der Waals surface area contributed by atoms with Crippen LogP contribution in [0.5, 0.6) is 0 Å². The predicted octanol–water partition coefficient (Wildman–Crippen LogP) is 2.69. The Kier molecular flexibility index (Phi) is 7.64. The molecule has 0 aliphatic carbocycles. The maximum absolute atomic E-state index is 11.0. The van der Waals surface area contributed by atoms with Crippen LogP contribution in [-0.2, 0) is 9.53 Å². The fourth-order valence-corrected chi connectivity index (χ4v) is 0.860. The average Bonchev–Trinajstić information content (AvgIpc) is 2.13. The lowest BCUT2D eigenvalue weighted by Crippen LogP contribution is -2.10. The van der Waals surface area contributed by atoms with Gasteiger partial charge in [-0.1, -0.05) is 31.3 Å². The second-order valence-electron chi connectivity index (χ2n) is 3.00. The number of carbonyl (C=O) groups excluding carboxylic acids is 1. The van der Waals surface area contributed by atoms with Gasteiger partial charge < -0.3 is 4.74 Å². The third-order valence-corrected chi connectivity index (χ3v) is 1.56. The van der Waals surface area contributed by atoms with Crippen LogP contribution in [0.25, 0.3) is 0 Å². The third kappa shape index (κ3) is 7.42. The molecule has 0 amide bonds. The smallest absolute Gasteiger partial charge is 0.331 e. The van der Waals surface area contributed by atoms with Gasteiger partial charge in [0.05, 0.1) is 0 Å². The third-order valence-electron chi connectivity index (χ3n) is 1.56. The summed E-state index contributed by atoms with van der Waals surface area (Å²) in [4.78, 5) is 11.0. The van der Waals surface area contributed by atoms with E-state index in [-0.39, 0.29) is 12.1 Å². The van der Waals surface area contributed by atoms with Crippen molar-refractivity contribution in [3.8, 4) is 11.8 Å². The zero-order valence-corrected chi connectivity index (χ0v) is 9.17. The van der Waals surface area contributed by atoms with Gasteiger partial charge in [0.15, 0.2) is 6.10 Å². The SMILES string of the molecule is C/C=C/C(=O)OC(C)C#CCCCC. The lowest BCUT2D eigenvalue weighted by molar-refractivity contribution is -0.139. The molecule has 14 heavy (non-hydrogen) atoms. The Labute approximate surface area is 86.3 Å². The maximum atomic E-state index is 11.0. The van der Waals surface area contributed by atoms with E-state index in [4.69, 9.17) is 4.74 Å². The van der Waals surface area contributed by atoms with Crippen molar-refractivity contribution in [3.05, 3.63) is 12.2 Å². The van der Waals surface area contributed by atoms with E-state index < -0.39 is 0 Å². The molecule has 0 radical (unpaired) electrons. The van der Waals surface area contributed by atoms with Gasteiger partial charge in [0.25, 0.3) is 0 Å². The van der Waals surface area contributed by atoms with Crippen LogP contribution in [0.15, 0.2) is 12.2 Å². The van der Waals surface area contributed by atoms with Crippen molar-refractivity contribution in [2.45, 2.75) is 46.1 Å². The molecule has 0 rings (SSSR count). The summed E-state index contributed by atoms with van der Waals surface area (Å²) in [5, 5.41) is 0. The zero-order valence-electron chi connectivity index (χ0n) is 9.17. The normalized spacial score (nSPS) is 11.9. The van der Waals surface area contributed by atoms with Gasteiger partial charge in [-0.25, -0.2) is 4.79 Å². The largest absolute Gasteiger partial charge is 0.446 e. The molecule has 0 N–H and O–H groups in total. The molecule has 1 unspecified atom stereocenters. The highest BCUT2D eigenvalue weighted by Crippen LogP contribution is 1.94. The number of rotatable bonds is 4. The molecule has 0 aromatic heterocycles. The average molecular weight is 194 g/mol. The van der Waals surface area contributed by atoms with Crippen LogP contribution < -0.4 is 0 Å². The van der Waals surface area contributed by atoms with Gasteiger partial charge in [-0.2, -0.15) is 0 Å². The van der Waals surface area contributed by atoms with E-state index in [1.54, 1.807) is 19.9 Å². The van der Waals surface area contributed by atoms with Gasteiger partial charge >= 0.3 is 5.97 Å². The van der Waals surface area contributed by atoms with E-state index in [1.165, 1.54) is 6.08 Å². The minimum atomic E-state index is -0.329. The quantitative estimate of drug-likeness (QED) is 0.298. The summed E-state index contributed by atoms with van der Waals surface area (Å²) in [5.74, 6) is 5.53. The fourth-order valence-electron chi connectivity index (χ4n) is 0.860. The lowest BCUT2D eigenvalue weighted by atomic mass is 10.2. The number of esters is 1. The van der Waals surface area contributed by atoms with Gasteiger partial charge in [0.2, 0.25) is 0 Å². The van der Waals surface area contributed by atoms with E-state index in [0.29, 0.717) is 0 Å². The summed E-state index contributed by atoms with van der Waals surface area (Å²) in [6.07, 6.45) is 5.85. The molecule has 0 bridgehead atoms. The first kappa shape index (κ1) is 12.8. The highest BCUT2D eigenvalue weighted by molar-refractivity contribution is 5.82. The minimum Gasteiger partial charge on any atom is -0.446 e. The molecule has 1 atom stereocenters. The highest BCUT2D eigenvalue weighted by Gasteiger charge is 2.01. The number of carbonyl (C=O) groups is 1. The molecule has 2 heteroatoms. The summed E-state index contributed by atoms with van der Waals surface area (Å²) in [6, 6.07) is 0. The molecule has 0 saturated carbocycles.